The molecule has 9 nitrogen and oxygen atoms in total. The van der Waals surface area contributed by atoms with Gasteiger partial charge < -0.3 is 15.5 Å². The number of thiophene rings is 1. The lowest BCUT2D eigenvalue weighted by Gasteiger charge is -2.06. The lowest BCUT2D eigenvalue weighted by Crippen LogP contribution is -2.03. The minimum atomic E-state index is -3.69. The van der Waals surface area contributed by atoms with Crippen LogP contribution in [0.3, 0.4) is 0 Å². The molecule has 3 rings (SSSR count). The van der Waals surface area contributed by atoms with Crippen molar-refractivity contribution in [3.05, 3.63) is 71.1 Å². The monoisotopic (exact) mass is 495 g/mol. The number of rotatable bonds is 7. The van der Waals surface area contributed by atoms with Crippen LogP contribution in [0.4, 0.5) is 0 Å². The highest BCUT2D eigenvalue weighted by Crippen LogP contribution is 2.40. The highest BCUT2D eigenvalue weighted by Gasteiger charge is 2.26. The molecule has 0 saturated carbocycles. The van der Waals surface area contributed by atoms with E-state index < -0.39 is 21.8 Å². The fourth-order valence-electron chi connectivity index (χ4n) is 2.41. The standard InChI is InChI=1S/C16H14ClN3O2S2.C4H4O4/c1-18-9-11-8-14(13-5-3-7-20-15(13)17)16(23-11)24(21,22)12-4-2-6-19-10-12;5-3(6)1-2-4(7)8/h2-8,10,18H,9H2,1H3;1-2H,(H,5,6)(H,7,8)/b;2-1+. The van der Waals surface area contributed by atoms with E-state index in [0.717, 1.165) is 4.88 Å². The van der Waals surface area contributed by atoms with Gasteiger partial charge in [-0.3, -0.25) is 4.98 Å². The Morgan fingerprint density at radius 2 is 1.78 bits per heavy atom. The maximum absolute atomic E-state index is 13.0. The van der Waals surface area contributed by atoms with E-state index >= 15 is 0 Å². The summed E-state index contributed by atoms with van der Waals surface area (Å²) in [6.45, 7) is 0.568. The highest BCUT2D eigenvalue weighted by atomic mass is 35.5. The number of hydrogen-bond acceptors (Lipinski definition) is 8. The van der Waals surface area contributed by atoms with Crippen LogP contribution in [-0.2, 0) is 26.0 Å². The highest BCUT2D eigenvalue weighted by molar-refractivity contribution is 7.93. The summed E-state index contributed by atoms with van der Waals surface area (Å²) in [6, 6.07) is 8.48. The molecule has 0 saturated heterocycles. The summed E-state index contributed by atoms with van der Waals surface area (Å²) in [5, 5.41) is 18.9. The number of carbonyl (C=O) groups is 2. The minimum Gasteiger partial charge on any atom is -0.478 e. The summed E-state index contributed by atoms with van der Waals surface area (Å²) < 4.78 is 26.3. The number of aliphatic carboxylic acids is 2. The van der Waals surface area contributed by atoms with Crippen molar-refractivity contribution in [2.45, 2.75) is 15.6 Å². The van der Waals surface area contributed by atoms with Crippen molar-refractivity contribution in [2.24, 2.45) is 0 Å². The molecule has 0 unspecified atom stereocenters. The Kier molecular flexibility index (Phi) is 9.02. The van der Waals surface area contributed by atoms with Gasteiger partial charge in [-0.25, -0.2) is 23.0 Å². The summed E-state index contributed by atoms with van der Waals surface area (Å²) in [4.78, 5) is 28.1. The lowest BCUT2D eigenvalue weighted by atomic mass is 10.1. The number of carboxylic acid groups (broad SMARTS) is 2. The number of nitrogens with one attached hydrogen (secondary N) is 1. The third-order valence-electron chi connectivity index (χ3n) is 3.71. The second-order valence-electron chi connectivity index (χ2n) is 5.99. The maximum Gasteiger partial charge on any atom is 0.328 e. The quantitative estimate of drug-likeness (QED) is 0.332. The van der Waals surface area contributed by atoms with Gasteiger partial charge in [0.15, 0.2) is 0 Å². The van der Waals surface area contributed by atoms with Crippen molar-refractivity contribution >= 4 is 44.7 Å². The number of carboxylic acids is 2. The van der Waals surface area contributed by atoms with Gasteiger partial charge in [-0.15, -0.1) is 11.3 Å². The Morgan fingerprint density at radius 1 is 1.12 bits per heavy atom. The fourth-order valence-corrected chi connectivity index (χ4v) is 5.72. The molecule has 32 heavy (non-hydrogen) atoms. The fraction of sp³-hybridized carbons (Fsp3) is 0.100. The van der Waals surface area contributed by atoms with Gasteiger partial charge >= 0.3 is 11.9 Å². The number of aromatic nitrogens is 2. The third kappa shape index (κ3) is 6.69. The molecular formula is C20H18ClN3O6S2. The molecule has 3 heterocycles. The molecule has 0 aliphatic rings. The maximum atomic E-state index is 13.0. The molecule has 168 valence electrons. The number of halogens is 1. The van der Waals surface area contributed by atoms with Gasteiger partial charge in [0, 0.05) is 53.3 Å². The van der Waals surface area contributed by atoms with E-state index in [1.54, 1.807) is 30.6 Å². The molecule has 0 amide bonds. The Bertz CT molecular complexity index is 1210. The zero-order valence-electron chi connectivity index (χ0n) is 16.6. The zero-order valence-corrected chi connectivity index (χ0v) is 19.0. The second kappa shape index (κ2) is 11.5. The van der Waals surface area contributed by atoms with Crippen LogP contribution in [0.1, 0.15) is 4.88 Å². The smallest absolute Gasteiger partial charge is 0.328 e. The average Bonchev–Trinajstić information content (AvgIpc) is 3.18. The molecule has 3 N–H and O–H groups in total. The molecule has 0 radical (unpaired) electrons. The van der Waals surface area contributed by atoms with E-state index in [2.05, 4.69) is 15.3 Å². The van der Waals surface area contributed by atoms with Crippen LogP contribution in [0.15, 0.2) is 70.2 Å². The van der Waals surface area contributed by atoms with Crippen LogP contribution >= 0.6 is 22.9 Å². The molecule has 0 fully saturated rings. The van der Waals surface area contributed by atoms with E-state index in [0.29, 0.717) is 29.8 Å². The summed E-state index contributed by atoms with van der Waals surface area (Å²) in [7, 11) is -1.88. The van der Waals surface area contributed by atoms with E-state index in [1.165, 1.54) is 23.6 Å². The van der Waals surface area contributed by atoms with Crippen LogP contribution < -0.4 is 5.32 Å². The molecule has 0 aromatic carbocycles. The second-order valence-corrected chi connectivity index (χ2v) is 9.63. The molecule has 0 atom stereocenters. The first kappa shape index (κ1) is 25.1. The van der Waals surface area contributed by atoms with E-state index in [4.69, 9.17) is 21.8 Å². The lowest BCUT2D eigenvalue weighted by molar-refractivity contribution is -0.134. The molecule has 0 aliphatic heterocycles. The first-order valence-electron chi connectivity index (χ1n) is 8.84. The van der Waals surface area contributed by atoms with E-state index in [-0.39, 0.29) is 14.3 Å². The number of sulfone groups is 1. The summed E-state index contributed by atoms with van der Waals surface area (Å²) in [5.41, 5.74) is 1.16. The van der Waals surface area contributed by atoms with Crippen molar-refractivity contribution < 1.29 is 28.2 Å². The van der Waals surface area contributed by atoms with Crippen molar-refractivity contribution in [3.8, 4) is 11.1 Å². The zero-order chi connectivity index (χ0) is 23.7. The summed E-state index contributed by atoms with van der Waals surface area (Å²) in [6.07, 6.45) is 5.58. The Labute approximate surface area is 193 Å². The molecule has 0 bridgehead atoms. The minimum absolute atomic E-state index is 0.157. The topological polar surface area (TPSA) is 147 Å². The van der Waals surface area contributed by atoms with Crippen molar-refractivity contribution in [1.29, 1.82) is 0 Å². The first-order valence-corrected chi connectivity index (χ1v) is 11.5. The molecule has 3 aromatic rings. The van der Waals surface area contributed by atoms with Gasteiger partial charge in [0.1, 0.15) is 9.36 Å². The van der Waals surface area contributed by atoms with E-state index in [9.17, 15) is 18.0 Å². The van der Waals surface area contributed by atoms with E-state index in [1.807, 2.05) is 13.1 Å². The van der Waals surface area contributed by atoms with Gasteiger partial charge in [-0.2, -0.15) is 0 Å². The molecule has 0 aliphatic carbocycles. The number of pyridine rings is 2. The van der Waals surface area contributed by atoms with Gasteiger partial charge in [0.05, 0.1) is 4.90 Å². The third-order valence-corrected chi connectivity index (χ3v) is 7.42. The Balaban J connectivity index is 0.000000390. The summed E-state index contributed by atoms with van der Waals surface area (Å²) in [5.74, 6) is -2.51. The van der Waals surface area contributed by atoms with Gasteiger partial charge in [-0.1, -0.05) is 11.6 Å². The molecule has 12 heteroatoms. The normalized spacial score (nSPS) is 11.1. The number of nitrogens with zero attached hydrogens (tertiary/aromatic N) is 2. The van der Waals surface area contributed by atoms with Crippen molar-refractivity contribution in [1.82, 2.24) is 15.3 Å². The Morgan fingerprint density at radius 3 is 2.31 bits per heavy atom. The summed E-state index contributed by atoms with van der Waals surface area (Å²) >= 11 is 7.41. The predicted octanol–water partition coefficient (Wildman–Crippen LogP) is 3.12. The molecular weight excluding hydrogens is 478 g/mol. The van der Waals surface area contributed by atoms with Crippen molar-refractivity contribution in [3.63, 3.8) is 0 Å². The van der Waals surface area contributed by atoms with Gasteiger partial charge in [-0.05, 0) is 37.4 Å². The van der Waals surface area contributed by atoms with Crippen LogP contribution in [-0.4, -0.2) is 47.6 Å². The SMILES string of the molecule is CNCc1cc(-c2cccnc2Cl)c(S(=O)(=O)c2cccnc2)s1.O=C(O)/C=C/C(=O)O. The van der Waals surface area contributed by atoms with Crippen LogP contribution in [0, 0.1) is 0 Å². The largest absolute Gasteiger partial charge is 0.478 e. The number of hydrogen-bond donors (Lipinski definition) is 3. The Hall–Kier alpha value is -3.12. The van der Waals surface area contributed by atoms with Crippen LogP contribution in [0.2, 0.25) is 5.15 Å². The first-order chi connectivity index (χ1) is 15.2. The van der Waals surface area contributed by atoms with Crippen LogP contribution in [0.25, 0.3) is 11.1 Å². The van der Waals surface area contributed by atoms with Gasteiger partial charge in [0.2, 0.25) is 9.84 Å². The molecule has 3 aromatic heterocycles. The average molecular weight is 496 g/mol. The van der Waals surface area contributed by atoms with Crippen molar-refractivity contribution in [2.75, 3.05) is 7.05 Å². The van der Waals surface area contributed by atoms with Crippen LogP contribution in [0.5, 0.6) is 0 Å². The predicted molar refractivity (Wildman–Crippen MR) is 119 cm³/mol. The molecule has 0 spiro atoms. The van der Waals surface area contributed by atoms with Gasteiger partial charge in [0.25, 0.3) is 0 Å².